The third-order valence-corrected chi connectivity index (χ3v) is 2.27. The van der Waals surface area contributed by atoms with E-state index in [1.165, 1.54) is 0 Å². The molecule has 1 rings (SSSR count). The van der Waals surface area contributed by atoms with Gasteiger partial charge in [-0.25, -0.2) is 0 Å². The van der Waals surface area contributed by atoms with Crippen LogP contribution in [0.2, 0.25) is 0 Å². The van der Waals surface area contributed by atoms with Gasteiger partial charge >= 0.3 is 0 Å². The van der Waals surface area contributed by atoms with Gasteiger partial charge in [0.15, 0.2) is 0 Å². The minimum atomic E-state index is -0.0853. The number of aryl methyl sites for hydroxylation is 1. The number of hydrogen-bond acceptors (Lipinski definition) is 2. The van der Waals surface area contributed by atoms with Gasteiger partial charge in [-0.15, -0.1) is 6.42 Å². The lowest BCUT2D eigenvalue weighted by molar-refractivity contribution is 0.0770. The van der Waals surface area contributed by atoms with Crippen molar-refractivity contribution in [3.05, 3.63) is 29.6 Å². The highest BCUT2D eigenvalue weighted by molar-refractivity contribution is 5.93. The quantitative estimate of drug-likeness (QED) is 0.720. The smallest absolute Gasteiger partial charge is 0.273 e. The minimum Gasteiger partial charge on any atom is -0.326 e. The topological polar surface area (TPSA) is 33.2 Å². The third kappa shape index (κ3) is 2.83. The largest absolute Gasteiger partial charge is 0.326 e. The molecule has 0 saturated heterocycles. The Balaban J connectivity index is 2.91. The van der Waals surface area contributed by atoms with Crippen LogP contribution >= 0.6 is 0 Å². The Kier molecular flexibility index (Phi) is 4.53. The van der Waals surface area contributed by atoms with E-state index in [4.69, 9.17) is 6.42 Å². The van der Waals surface area contributed by atoms with Crippen LogP contribution in [0.1, 0.15) is 29.4 Å². The maximum atomic E-state index is 12.1. The van der Waals surface area contributed by atoms with E-state index in [-0.39, 0.29) is 5.91 Å². The van der Waals surface area contributed by atoms with Crippen LogP contribution in [-0.2, 0) is 0 Å². The van der Waals surface area contributed by atoms with E-state index in [0.29, 0.717) is 18.8 Å². The molecule has 1 amide bonds. The average molecular weight is 216 g/mol. The summed E-state index contributed by atoms with van der Waals surface area (Å²) >= 11 is 0. The molecule has 0 aliphatic carbocycles. The third-order valence-electron chi connectivity index (χ3n) is 2.27. The van der Waals surface area contributed by atoms with E-state index < -0.39 is 0 Å². The van der Waals surface area contributed by atoms with Gasteiger partial charge in [-0.05, 0) is 25.0 Å². The van der Waals surface area contributed by atoms with Gasteiger partial charge < -0.3 is 4.90 Å². The highest BCUT2D eigenvalue weighted by Gasteiger charge is 2.16. The van der Waals surface area contributed by atoms with Crippen LogP contribution < -0.4 is 0 Å². The molecule has 84 valence electrons. The molecule has 1 heterocycles. The summed E-state index contributed by atoms with van der Waals surface area (Å²) in [6.07, 6.45) is 7.76. The summed E-state index contributed by atoms with van der Waals surface area (Å²) in [5.74, 6) is 2.41. The molecule has 0 spiro atoms. The molecule has 0 aliphatic heterocycles. The number of carbonyl (C=O) groups is 1. The number of pyridine rings is 1. The molecule has 0 saturated carbocycles. The molecule has 16 heavy (non-hydrogen) atoms. The predicted octanol–water partition coefficient (Wildman–Crippen LogP) is 1.88. The predicted molar refractivity (Wildman–Crippen MR) is 64.0 cm³/mol. The second-order valence-corrected chi connectivity index (χ2v) is 3.60. The molecular weight excluding hydrogens is 200 g/mol. The van der Waals surface area contributed by atoms with Gasteiger partial charge in [0.1, 0.15) is 5.69 Å². The maximum absolute atomic E-state index is 12.1. The Morgan fingerprint density at radius 2 is 2.38 bits per heavy atom. The zero-order chi connectivity index (χ0) is 12.0. The van der Waals surface area contributed by atoms with Crippen molar-refractivity contribution in [2.45, 2.75) is 20.3 Å². The van der Waals surface area contributed by atoms with E-state index in [2.05, 4.69) is 10.9 Å². The number of nitrogens with zero attached hydrogens (tertiary/aromatic N) is 2. The van der Waals surface area contributed by atoms with Crippen LogP contribution in [0.4, 0.5) is 0 Å². The van der Waals surface area contributed by atoms with Crippen molar-refractivity contribution >= 4 is 5.91 Å². The first-order chi connectivity index (χ1) is 7.70. The Morgan fingerprint density at radius 1 is 1.62 bits per heavy atom. The summed E-state index contributed by atoms with van der Waals surface area (Å²) in [5.41, 5.74) is 1.37. The summed E-state index contributed by atoms with van der Waals surface area (Å²) in [6, 6.07) is 3.69. The second kappa shape index (κ2) is 5.92. The van der Waals surface area contributed by atoms with Gasteiger partial charge in [0.2, 0.25) is 0 Å². The summed E-state index contributed by atoms with van der Waals surface area (Å²) in [6.45, 7) is 4.89. The second-order valence-electron chi connectivity index (χ2n) is 3.60. The Bertz CT molecular complexity index is 407. The summed E-state index contributed by atoms with van der Waals surface area (Å²) in [4.78, 5) is 17.9. The Morgan fingerprint density at radius 3 is 2.94 bits per heavy atom. The zero-order valence-corrected chi connectivity index (χ0v) is 9.73. The normalized spacial score (nSPS) is 9.56. The molecule has 0 fully saturated rings. The highest BCUT2D eigenvalue weighted by atomic mass is 16.2. The van der Waals surface area contributed by atoms with Crippen molar-refractivity contribution in [2.24, 2.45) is 0 Å². The van der Waals surface area contributed by atoms with Gasteiger partial charge in [-0.3, -0.25) is 9.78 Å². The first-order valence-electron chi connectivity index (χ1n) is 5.35. The standard InChI is InChI=1S/C13H16N2O/c1-4-9-15(10-5-2)13(16)12-11(3)7-6-8-14-12/h1,6-8H,5,9-10H2,2-3H3. The molecule has 0 aromatic carbocycles. The van der Waals surface area contributed by atoms with Gasteiger partial charge in [0.25, 0.3) is 5.91 Å². The van der Waals surface area contributed by atoms with Crippen LogP contribution in [-0.4, -0.2) is 28.9 Å². The molecule has 0 bridgehead atoms. The van der Waals surface area contributed by atoms with E-state index in [1.54, 1.807) is 11.1 Å². The lowest BCUT2D eigenvalue weighted by atomic mass is 10.2. The number of hydrogen-bond donors (Lipinski definition) is 0. The first kappa shape index (κ1) is 12.3. The van der Waals surface area contributed by atoms with Crippen molar-refractivity contribution in [1.29, 1.82) is 0 Å². The maximum Gasteiger partial charge on any atom is 0.273 e. The van der Waals surface area contributed by atoms with Crippen molar-refractivity contribution in [3.63, 3.8) is 0 Å². The Hall–Kier alpha value is -1.82. The van der Waals surface area contributed by atoms with E-state index in [1.807, 2.05) is 26.0 Å². The summed E-state index contributed by atoms with van der Waals surface area (Å²) in [5, 5.41) is 0. The number of amides is 1. The molecule has 3 nitrogen and oxygen atoms in total. The van der Waals surface area contributed by atoms with Crippen molar-refractivity contribution < 1.29 is 4.79 Å². The van der Waals surface area contributed by atoms with Gasteiger partial charge in [0, 0.05) is 12.7 Å². The fraction of sp³-hybridized carbons (Fsp3) is 0.385. The van der Waals surface area contributed by atoms with Crippen molar-refractivity contribution in [3.8, 4) is 12.3 Å². The fourth-order valence-corrected chi connectivity index (χ4v) is 1.49. The molecular formula is C13H16N2O. The minimum absolute atomic E-state index is 0.0853. The lowest BCUT2D eigenvalue weighted by Crippen LogP contribution is -2.33. The number of rotatable bonds is 4. The molecule has 1 aromatic rings. The van der Waals surface area contributed by atoms with Crippen molar-refractivity contribution in [2.75, 3.05) is 13.1 Å². The number of terminal acetylenes is 1. The van der Waals surface area contributed by atoms with Gasteiger partial charge in [-0.2, -0.15) is 0 Å². The first-order valence-corrected chi connectivity index (χ1v) is 5.35. The van der Waals surface area contributed by atoms with E-state index in [0.717, 1.165) is 12.0 Å². The molecule has 0 aliphatic rings. The molecule has 0 N–H and O–H groups in total. The Labute approximate surface area is 96.5 Å². The van der Waals surface area contributed by atoms with Crippen LogP contribution in [0.15, 0.2) is 18.3 Å². The monoisotopic (exact) mass is 216 g/mol. The number of carbonyl (C=O) groups excluding carboxylic acids is 1. The van der Waals surface area contributed by atoms with Crippen LogP contribution in [0, 0.1) is 19.3 Å². The van der Waals surface area contributed by atoms with Crippen LogP contribution in [0.25, 0.3) is 0 Å². The van der Waals surface area contributed by atoms with Crippen LogP contribution in [0.5, 0.6) is 0 Å². The highest BCUT2D eigenvalue weighted by Crippen LogP contribution is 2.07. The average Bonchev–Trinajstić information content (AvgIpc) is 2.28. The zero-order valence-electron chi connectivity index (χ0n) is 9.73. The lowest BCUT2D eigenvalue weighted by Gasteiger charge is -2.19. The molecule has 0 atom stereocenters. The fourth-order valence-electron chi connectivity index (χ4n) is 1.49. The van der Waals surface area contributed by atoms with E-state index >= 15 is 0 Å². The van der Waals surface area contributed by atoms with Crippen LogP contribution in [0.3, 0.4) is 0 Å². The van der Waals surface area contributed by atoms with Crippen molar-refractivity contribution in [1.82, 2.24) is 9.88 Å². The van der Waals surface area contributed by atoms with Gasteiger partial charge in [0.05, 0.1) is 6.54 Å². The number of aromatic nitrogens is 1. The summed E-state index contributed by atoms with van der Waals surface area (Å²) in [7, 11) is 0. The molecule has 0 unspecified atom stereocenters. The van der Waals surface area contributed by atoms with E-state index in [9.17, 15) is 4.79 Å². The molecule has 3 heteroatoms. The van der Waals surface area contributed by atoms with Gasteiger partial charge in [-0.1, -0.05) is 18.9 Å². The molecule has 1 aromatic heterocycles. The summed E-state index contributed by atoms with van der Waals surface area (Å²) < 4.78 is 0. The SMILES string of the molecule is C#CCN(CCC)C(=O)c1ncccc1C. The molecule has 0 radical (unpaired) electrons.